The normalized spacial score (nSPS) is 22.2. The zero-order valence-electron chi connectivity index (χ0n) is 9.21. The molecule has 0 spiro atoms. The van der Waals surface area contributed by atoms with Gasteiger partial charge in [0, 0.05) is 26.2 Å². The van der Waals surface area contributed by atoms with Gasteiger partial charge in [-0.15, -0.1) is 0 Å². The van der Waals surface area contributed by atoms with E-state index in [0.29, 0.717) is 5.41 Å². The lowest BCUT2D eigenvalue weighted by Gasteiger charge is -2.33. The Balaban J connectivity index is 2.16. The van der Waals surface area contributed by atoms with Crippen molar-refractivity contribution < 1.29 is 0 Å². The number of nitrogens with two attached hydrogens (primary N) is 1. The number of piperazine rings is 1. The molecule has 78 valence electrons. The third-order valence-corrected chi connectivity index (χ3v) is 2.58. The van der Waals surface area contributed by atoms with E-state index in [1.165, 1.54) is 13.0 Å². The van der Waals surface area contributed by atoms with Crippen molar-refractivity contribution in [1.29, 1.82) is 0 Å². The summed E-state index contributed by atoms with van der Waals surface area (Å²) < 4.78 is 0. The standard InChI is InChI=1S/C10H23N3/c1-10(2,3)4-5-12-6-8-13(11)9-7-12/h4-9,11H2,1-3H3. The van der Waals surface area contributed by atoms with E-state index < -0.39 is 0 Å². The minimum absolute atomic E-state index is 0.458. The van der Waals surface area contributed by atoms with Crippen LogP contribution in [0.25, 0.3) is 0 Å². The van der Waals surface area contributed by atoms with E-state index in [4.69, 9.17) is 5.84 Å². The van der Waals surface area contributed by atoms with Crippen molar-refractivity contribution in [2.45, 2.75) is 27.2 Å². The van der Waals surface area contributed by atoms with Gasteiger partial charge in [0.15, 0.2) is 0 Å². The molecule has 0 radical (unpaired) electrons. The molecule has 0 aromatic rings. The molecule has 13 heavy (non-hydrogen) atoms. The van der Waals surface area contributed by atoms with E-state index in [0.717, 1.165) is 26.2 Å². The summed E-state index contributed by atoms with van der Waals surface area (Å²) in [6.45, 7) is 12.4. The van der Waals surface area contributed by atoms with Crippen molar-refractivity contribution in [3.8, 4) is 0 Å². The number of nitrogens with zero attached hydrogens (tertiary/aromatic N) is 2. The fourth-order valence-electron chi connectivity index (χ4n) is 1.48. The second kappa shape index (κ2) is 4.40. The monoisotopic (exact) mass is 185 g/mol. The Hall–Kier alpha value is -0.120. The second-order valence-corrected chi connectivity index (χ2v) is 5.19. The Morgan fingerprint density at radius 1 is 1.08 bits per heavy atom. The van der Waals surface area contributed by atoms with Gasteiger partial charge in [0.05, 0.1) is 0 Å². The molecule has 0 saturated carbocycles. The molecular formula is C10H23N3. The molecule has 1 fully saturated rings. The molecule has 1 rings (SSSR count). The lowest BCUT2D eigenvalue weighted by molar-refractivity contribution is 0.122. The Labute approximate surface area is 81.8 Å². The Morgan fingerprint density at radius 2 is 1.62 bits per heavy atom. The van der Waals surface area contributed by atoms with Crippen LogP contribution in [0.1, 0.15) is 27.2 Å². The lowest BCUT2D eigenvalue weighted by atomic mass is 9.92. The van der Waals surface area contributed by atoms with Gasteiger partial charge < -0.3 is 4.90 Å². The largest absolute Gasteiger partial charge is 0.301 e. The molecule has 3 heteroatoms. The summed E-state index contributed by atoms with van der Waals surface area (Å²) in [7, 11) is 0. The summed E-state index contributed by atoms with van der Waals surface area (Å²) in [6.07, 6.45) is 1.28. The molecule has 0 aromatic carbocycles. The average Bonchev–Trinajstić information content (AvgIpc) is 2.02. The van der Waals surface area contributed by atoms with E-state index in [2.05, 4.69) is 25.7 Å². The van der Waals surface area contributed by atoms with Crippen LogP contribution >= 0.6 is 0 Å². The van der Waals surface area contributed by atoms with Gasteiger partial charge in [-0.2, -0.15) is 0 Å². The maximum absolute atomic E-state index is 5.69. The highest BCUT2D eigenvalue weighted by Crippen LogP contribution is 2.18. The highest BCUT2D eigenvalue weighted by atomic mass is 15.4. The fourth-order valence-corrected chi connectivity index (χ4v) is 1.48. The molecule has 1 heterocycles. The zero-order chi connectivity index (χ0) is 9.90. The molecule has 0 aromatic heterocycles. The lowest BCUT2D eigenvalue weighted by Crippen LogP contribution is -2.49. The van der Waals surface area contributed by atoms with Crippen molar-refractivity contribution >= 4 is 0 Å². The fraction of sp³-hybridized carbons (Fsp3) is 1.00. The first-order valence-corrected chi connectivity index (χ1v) is 5.19. The SMILES string of the molecule is CC(C)(C)CCN1CCN(N)CC1. The first kappa shape index (κ1) is 11.0. The quantitative estimate of drug-likeness (QED) is 0.649. The summed E-state index contributed by atoms with van der Waals surface area (Å²) in [4.78, 5) is 2.51. The van der Waals surface area contributed by atoms with Crippen LogP contribution in [0, 0.1) is 5.41 Å². The van der Waals surface area contributed by atoms with E-state index in [1.54, 1.807) is 0 Å². The van der Waals surface area contributed by atoms with Gasteiger partial charge in [-0.05, 0) is 18.4 Å². The zero-order valence-corrected chi connectivity index (χ0v) is 9.21. The van der Waals surface area contributed by atoms with Crippen molar-refractivity contribution in [2.24, 2.45) is 11.3 Å². The molecule has 0 bridgehead atoms. The molecule has 2 N–H and O–H groups in total. The summed E-state index contributed by atoms with van der Waals surface area (Å²) in [5.74, 6) is 5.69. The van der Waals surface area contributed by atoms with Crippen molar-refractivity contribution in [3.63, 3.8) is 0 Å². The molecule has 1 aliphatic heterocycles. The maximum Gasteiger partial charge on any atom is 0.0257 e. The number of hydrogen-bond donors (Lipinski definition) is 1. The summed E-state index contributed by atoms with van der Waals surface area (Å²) in [5, 5.41) is 1.91. The van der Waals surface area contributed by atoms with Crippen LogP contribution in [-0.4, -0.2) is 42.6 Å². The van der Waals surface area contributed by atoms with Crippen LogP contribution < -0.4 is 5.84 Å². The van der Waals surface area contributed by atoms with Crippen LogP contribution in [0.3, 0.4) is 0 Å². The van der Waals surface area contributed by atoms with Crippen LogP contribution in [0.4, 0.5) is 0 Å². The van der Waals surface area contributed by atoms with Gasteiger partial charge in [0.2, 0.25) is 0 Å². The minimum atomic E-state index is 0.458. The van der Waals surface area contributed by atoms with E-state index in [9.17, 15) is 0 Å². The third kappa shape index (κ3) is 4.60. The number of hydrogen-bond acceptors (Lipinski definition) is 3. The topological polar surface area (TPSA) is 32.5 Å². The van der Waals surface area contributed by atoms with Crippen molar-refractivity contribution in [1.82, 2.24) is 9.91 Å². The van der Waals surface area contributed by atoms with Gasteiger partial charge in [0.25, 0.3) is 0 Å². The molecule has 0 atom stereocenters. The molecule has 0 amide bonds. The Bertz CT molecular complexity index is 143. The smallest absolute Gasteiger partial charge is 0.0257 e. The highest BCUT2D eigenvalue weighted by Gasteiger charge is 2.16. The number of hydrazine groups is 1. The van der Waals surface area contributed by atoms with Crippen LogP contribution in [-0.2, 0) is 0 Å². The molecule has 3 nitrogen and oxygen atoms in total. The summed E-state index contributed by atoms with van der Waals surface area (Å²) in [5.41, 5.74) is 0.458. The van der Waals surface area contributed by atoms with E-state index in [1.807, 2.05) is 5.01 Å². The summed E-state index contributed by atoms with van der Waals surface area (Å²) >= 11 is 0. The van der Waals surface area contributed by atoms with Crippen molar-refractivity contribution in [2.75, 3.05) is 32.7 Å². The number of rotatable bonds is 2. The Morgan fingerprint density at radius 3 is 2.08 bits per heavy atom. The van der Waals surface area contributed by atoms with Gasteiger partial charge in [-0.25, -0.2) is 5.01 Å². The van der Waals surface area contributed by atoms with Gasteiger partial charge in [0.1, 0.15) is 0 Å². The molecule has 0 aliphatic carbocycles. The van der Waals surface area contributed by atoms with E-state index in [-0.39, 0.29) is 0 Å². The molecule has 1 aliphatic rings. The van der Waals surface area contributed by atoms with Gasteiger partial charge in [-0.3, -0.25) is 5.84 Å². The predicted octanol–water partition coefficient (Wildman–Crippen LogP) is 0.914. The van der Waals surface area contributed by atoms with Crippen LogP contribution in [0.2, 0.25) is 0 Å². The average molecular weight is 185 g/mol. The maximum atomic E-state index is 5.69. The first-order valence-electron chi connectivity index (χ1n) is 5.19. The molecule has 0 unspecified atom stereocenters. The van der Waals surface area contributed by atoms with Crippen LogP contribution in [0.15, 0.2) is 0 Å². The van der Waals surface area contributed by atoms with Gasteiger partial charge in [-0.1, -0.05) is 20.8 Å². The van der Waals surface area contributed by atoms with E-state index >= 15 is 0 Å². The van der Waals surface area contributed by atoms with Gasteiger partial charge >= 0.3 is 0 Å². The summed E-state index contributed by atoms with van der Waals surface area (Å²) in [6, 6.07) is 0. The predicted molar refractivity (Wildman–Crippen MR) is 56.3 cm³/mol. The third-order valence-electron chi connectivity index (χ3n) is 2.58. The second-order valence-electron chi connectivity index (χ2n) is 5.19. The molecular weight excluding hydrogens is 162 g/mol. The minimum Gasteiger partial charge on any atom is -0.301 e. The van der Waals surface area contributed by atoms with Crippen LogP contribution in [0.5, 0.6) is 0 Å². The first-order chi connectivity index (χ1) is 5.97. The highest BCUT2D eigenvalue weighted by molar-refractivity contribution is 4.71. The Kier molecular flexibility index (Phi) is 3.71. The molecule has 1 saturated heterocycles. The van der Waals surface area contributed by atoms with Crippen molar-refractivity contribution in [3.05, 3.63) is 0 Å².